The van der Waals surface area contributed by atoms with Gasteiger partial charge in [-0.05, 0) is 26.9 Å². The molecular formula is C8H18N2O2. The molecule has 0 aromatic rings. The van der Waals surface area contributed by atoms with Gasteiger partial charge >= 0.3 is 0 Å². The maximum Gasteiger partial charge on any atom is 0.245 e. The van der Waals surface area contributed by atoms with Gasteiger partial charge in [-0.3, -0.25) is 4.79 Å². The zero-order valence-electron chi connectivity index (χ0n) is 7.85. The molecule has 0 heterocycles. The molecule has 0 saturated heterocycles. The first-order chi connectivity index (χ1) is 5.81. The van der Waals surface area contributed by atoms with Crippen LogP contribution in [0.4, 0.5) is 0 Å². The summed E-state index contributed by atoms with van der Waals surface area (Å²) >= 11 is 0. The molecule has 72 valence electrons. The second-order valence-electron chi connectivity index (χ2n) is 2.44. The lowest BCUT2D eigenvalue weighted by Crippen LogP contribution is -2.29. The molecule has 0 spiro atoms. The van der Waals surface area contributed by atoms with Gasteiger partial charge in [-0.15, -0.1) is 0 Å². The third kappa shape index (κ3) is 7.50. The van der Waals surface area contributed by atoms with E-state index in [1.807, 2.05) is 14.0 Å². The second-order valence-corrected chi connectivity index (χ2v) is 2.44. The van der Waals surface area contributed by atoms with Gasteiger partial charge in [0.05, 0.1) is 0 Å². The average Bonchev–Trinajstić information content (AvgIpc) is 2.09. The van der Waals surface area contributed by atoms with E-state index in [9.17, 15) is 4.79 Å². The predicted octanol–water partition coefficient (Wildman–Crippen LogP) is -0.251. The molecule has 0 aliphatic rings. The Morgan fingerprint density at radius 1 is 1.42 bits per heavy atom. The average molecular weight is 174 g/mol. The van der Waals surface area contributed by atoms with Crippen LogP contribution < -0.4 is 10.6 Å². The Hall–Kier alpha value is -0.610. The summed E-state index contributed by atoms with van der Waals surface area (Å²) in [5.41, 5.74) is 0. The standard InChI is InChI=1S/C8H18N2O2/c1-3-12-7-8(11)10-6-4-5-9-2/h9H,3-7H2,1-2H3,(H,10,11). The van der Waals surface area contributed by atoms with Gasteiger partial charge in [-0.1, -0.05) is 0 Å². The number of hydrogen-bond donors (Lipinski definition) is 2. The molecule has 2 N–H and O–H groups in total. The van der Waals surface area contributed by atoms with E-state index < -0.39 is 0 Å². The number of nitrogens with one attached hydrogen (secondary N) is 2. The van der Waals surface area contributed by atoms with Crippen molar-refractivity contribution in [2.75, 3.05) is 33.4 Å². The molecule has 0 aliphatic carbocycles. The predicted molar refractivity (Wildman–Crippen MR) is 48.0 cm³/mol. The lowest BCUT2D eigenvalue weighted by molar-refractivity contribution is -0.125. The Morgan fingerprint density at radius 3 is 2.75 bits per heavy atom. The van der Waals surface area contributed by atoms with Crippen molar-refractivity contribution >= 4 is 5.91 Å². The third-order valence-corrected chi connectivity index (χ3v) is 1.36. The number of amides is 1. The highest BCUT2D eigenvalue weighted by atomic mass is 16.5. The molecule has 12 heavy (non-hydrogen) atoms. The Bertz CT molecular complexity index is 118. The molecule has 0 fully saturated rings. The quantitative estimate of drug-likeness (QED) is 0.523. The summed E-state index contributed by atoms with van der Waals surface area (Å²) in [7, 11) is 1.89. The zero-order valence-corrected chi connectivity index (χ0v) is 7.85. The smallest absolute Gasteiger partial charge is 0.245 e. The van der Waals surface area contributed by atoms with Crippen LogP contribution in [0.2, 0.25) is 0 Å². The minimum Gasteiger partial charge on any atom is -0.372 e. The fourth-order valence-corrected chi connectivity index (χ4v) is 0.739. The molecule has 0 atom stereocenters. The van der Waals surface area contributed by atoms with Gasteiger partial charge in [0, 0.05) is 13.2 Å². The highest BCUT2D eigenvalue weighted by Crippen LogP contribution is 1.76. The van der Waals surface area contributed by atoms with E-state index in [4.69, 9.17) is 4.74 Å². The van der Waals surface area contributed by atoms with Crippen molar-refractivity contribution in [3.63, 3.8) is 0 Å². The van der Waals surface area contributed by atoms with Crippen molar-refractivity contribution in [1.29, 1.82) is 0 Å². The molecule has 4 nitrogen and oxygen atoms in total. The normalized spacial score (nSPS) is 9.83. The van der Waals surface area contributed by atoms with E-state index in [0.717, 1.165) is 13.0 Å². The summed E-state index contributed by atoms with van der Waals surface area (Å²) in [6.07, 6.45) is 0.953. The van der Waals surface area contributed by atoms with Gasteiger partial charge in [-0.2, -0.15) is 0 Å². The van der Waals surface area contributed by atoms with E-state index in [2.05, 4.69) is 10.6 Å². The SMILES string of the molecule is CCOCC(=O)NCCCNC. The number of ether oxygens (including phenoxy) is 1. The van der Waals surface area contributed by atoms with Crippen LogP contribution in [0.5, 0.6) is 0 Å². The maximum atomic E-state index is 10.9. The van der Waals surface area contributed by atoms with Crippen LogP contribution in [0.1, 0.15) is 13.3 Å². The monoisotopic (exact) mass is 174 g/mol. The molecule has 0 bridgehead atoms. The highest BCUT2D eigenvalue weighted by Gasteiger charge is 1.97. The van der Waals surface area contributed by atoms with Crippen LogP contribution in [0.15, 0.2) is 0 Å². The molecule has 0 saturated carbocycles. The van der Waals surface area contributed by atoms with Crippen molar-refractivity contribution < 1.29 is 9.53 Å². The van der Waals surface area contributed by atoms with Crippen molar-refractivity contribution in [3.8, 4) is 0 Å². The number of carbonyl (C=O) groups excluding carboxylic acids is 1. The van der Waals surface area contributed by atoms with Gasteiger partial charge in [0.25, 0.3) is 0 Å². The topological polar surface area (TPSA) is 50.4 Å². The first kappa shape index (κ1) is 11.4. The van der Waals surface area contributed by atoms with Crippen LogP contribution in [0, 0.1) is 0 Å². The summed E-state index contributed by atoms with van der Waals surface area (Å²) in [6.45, 7) is 4.27. The zero-order chi connectivity index (χ0) is 9.23. The highest BCUT2D eigenvalue weighted by molar-refractivity contribution is 5.77. The molecular weight excluding hydrogens is 156 g/mol. The Kier molecular flexibility index (Phi) is 8.05. The van der Waals surface area contributed by atoms with Crippen molar-refractivity contribution in [2.24, 2.45) is 0 Å². The molecule has 0 aliphatic heterocycles. The van der Waals surface area contributed by atoms with E-state index >= 15 is 0 Å². The summed E-state index contributed by atoms with van der Waals surface area (Å²) in [4.78, 5) is 10.9. The Balaban J connectivity index is 3.08. The molecule has 0 unspecified atom stereocenters. The van der Waals surface area contributed by atoms with Gasteiger partial charge in [0.15, 0.2) is 0 Å². The third-order valence-electron chi connectivity index (χ3n) is 1.36. The second kappa shape index (κ2) is 8.49. The minimum atomic E-state index is -0.0343. The first-order valence-electron chi connectivity index (χ1n) is 4.30. The van der Waals surface area contributed by atoms with Crippen LogP contribution in [-0.4, -0.2) is 39.3 Å². The molecule has 0 aromatic heterocycles. The van der Waals surface area contributed by atoms with Crippen molar-refractivity contribution in [1.82, 2.24) is 10.6 Å². The molecule has 4 heteroatoms. The van der Waals surface area contributed by atoms with Crippen LogP contribution in [0.25, 0.3) is 0 Å². The largest absolute Gasteiger partial charge is 0.372 e. The maximum absolute atomic E-state index is 10.9. The number of rotatable bonds is 7. The molecule has 0 rings (SSSR count). The lowest BCUT2D eigenvalue weighted by Gasteiger charge is -2.04. The van der Waals surface area contributed by atoms with E-state index in [-0.39, 0.29) is 12.5 Å². The van der Waals surface area contributed by atoms with Crippen molar-refractivity contribution in [3.05, 3.63) is 0 Å². The van der Waals surface area contributed by atoms with Crippen LogP contribution in [0.3, 0.4) is 0 Å². The molecule has 1 amide bonds. The first-order valence-corrected chi connectivity index (χ1v) is 4.30. The van der Waals surface area contributed by atoms with Crippen molar-refractivity contribution in [2.45, 2.75) is 13.3 Å². The van der Waals surface area contributed by atoms with E-state index in [0.29, 0.717) is 13.2 Å². The van der Waals surface area contributed by atoms with Gasteiger partial charge in [0.2, 0.25) is 5.91 Å². The van der Waals surface area contributed by atoms with Gasteiger partial charge < -0.3 is 15.4 Å². The van der Waals surface area contributed by atoms with E-state index in [1.54, 1.807) is 0 Å². The molecule has 0 aromatic carbocycles. The van der Waals surface area contributed by atoms with E-state index in [1.165, 1.54) is 0 Å². The summed E-state index contributed by atoms with van der Waals surface area (Å²) in [5, 5.41) is 5.75. The van der Waals surface area contributed by atoms with Gasteiger partial charge in [0.1, 0.15) is 6.61 Å². The minimum absolute atomic E-state index is 0.0343. The fourth-order valence-electron chi connectivity index (χ4n) is 0.739. The number of carbonyl (C=O) groups is 1. The lowest BCUT2D eigenvalue weighted by atomic mass is 10.4. The van der Waals surface area contributed by atoms with Gasteiger partial charge in [-0.25, -0.2) is 0 Å². The summed E-state index contributed by atoms with van der Waals surface area (Å²) in [5.74, 6) is -0.0343. The fraction of sp³-hybridized carbons (Fsp3) is 0.875. The number of hydrogen-bond acceptors (Lipinski definition) is 3. The Labute approximate surface area is 73.7 Å². The molecule has 0 radical (unpaired) electrons. The Morgan fingerprint density at radius 2 is 2.17 bits per heavy atom. The summed E-state index contributed by atoms with van der Waals surface area (Å²) < 4.78 is 4.92. The van der Waals surface area contributed by atoms with Crippen LogP contribution in [-0.2, 0) is 9.53 Å². The summed E-state index contributed by atoms with van der Waals surface area (Å²) in [6, 6.07) is 0. The van der Waals surface area contributed by atoms with Crippen LogP contribution >= 0.6 is 0 Å².